The van der Waals surface area contributed by atoms with E-state index in [4.69, 9.17) is 10.5 Å². The summed E-state index contributed by atoms with van der Waals surface area (Å²) in [5, 5.41) is 0. The Labute approximate surface area is 119 Å². The first-order valence-electron chi connectivity index (χ1n) is 6.01. The van der Waals surface area contributed by atoms with Crippen LogP contribution in [-0.4, -0.2) is 24.4 Å². The second-order valence-corrected chi connectivity index (χ2v) is 5.06. The fraction of sp³-hybridized carbons (Fsp3) is 0.462. The molecule has 20 heavy (non-hydrogen) atoms. The summed E-state index contributed by atoms with van der Waals surface area (Å²) in [6.07, 6.45) is -4.37. The Hall–Kier alpha value is -1.21. The van der Waals surface area contributed by atoms with Crippen molar-refractivity contribution in [2.75, 3.05) is 12.4 Å². The second-order valence-electron chi connectivity index (χ2n) is 4.03. The molecular formula is C13H16F3NO2S. The van der Waals surface area contributed by atoms with Crippen LogP contribution in [0.1, 0.15) is 18.1 Å². The van der Waals surface area contributed by atoms with Crippen molar-refractivity contribution in [1.82, 2.24) is 0 Å². The van der Waals surface area contributed by atoms with Crippen LogP contribution in [0.5, 0.6) is 0 Å². The van der Waals surface area contributed by atoms with Crippen LogP contribution in [0.2, 0.25) is 0 Å². The number of carbonyl (C=O) groups excluding carboxylic acids is 1. The zero-order valence-electron chi connectivity index (χ0n) is 10.9. The summed E-state index contributed by atoms with van der Waals surface area (Å²) in [7, 11) is 0. The lowest BCUT2D eigenvalue weighted by Crippen LogP contribution is -2.34. The largest absolute Gasteiger partial charge is 0.465 e. The minimum atomic E-state index is -4.37. The van der Waals surface area contributed by atoms with Crippen molar-refractivity contribution in [3.63, 3.8) is 0 Å². The van der Waals surface area contributed by atoms with Crippen molar-refractivity contribution in [1.29, 1.82) is 0 Å². The molecule has 1 aromatic rings. The minimum absolute atomic E-state index is 0.142. The van der Waals surface area contributed by atoms with Crippen LogP contribution in [0.15, 0.2) is 24.3 Å². The van der Waals surface area contributed by atoms with Crippen LogP contribution in [-0.2, 0) is 21.5 Å². The highest BCUT2D eigenvalue weighted by atomic mass is 32.2. The van der Waals surface area contributed by atoms with Gasteiger partial charge < -0.3 is 10.5 Å². The monoisotopic (exact) mass is 307 g/mol. The summed E-state index contributed by atoms with van der Waals surface area (Å²) in [4.78, 5) is 11.3. The van der Waals surface area contributed by atoms with Gasteiger partial charge in [-0.15, -0.1) is 0 Å². The topological polar surface area (TPSA) is 52.3 Å². The normalized spacial score (nSPS) is 13.1. The van der Waals surface area contributed by atoms with E-state index in [1.165, 1.54) is 23.9 Å². The summed E-state index contributed by atoms with van der Waals surface area (Å²) in [5.74, 6) is -0.183. The smallest absolute Gasteiger partial charge is 0.416 e. The second kappa shape index (κ2) is 7.54. The molecule has 7 heteroatoms. The lowest BCUT2D eigenvalue weighted by molar-refractivity contribution is -0.144. The summed E-state index contributed by atoms with van der Waals surface area (Å²) in [5.41, 5.74) is 5.10. The Bertz CT molecular complexity index is 451. The highest BCUT2D eigenvalue weighted by Gasteiger charge is 2.32. The standard InChI is InChI=1S/C13H16F3NO2S/c1-2-19-12(18)11(17)8-20-7-9-5-3-4-6-10(9)13(14,15)16/h3-6,11H,2,7-8,17H2,1H3. The van der Waals surface area contributed by atoms with E-state index in [1.54, 1.807) is 13.0 Å². The molecule has 1 rings (SSSR count). The average Bonchev–Trinajstić information content (AvgIpc) is 2.38. The quantitative estimate of drug-likeness (QED) is 0.821. The molecule has 0 fully saturated rings. The summed E-state index contributed by atoms with van der Waals surface area (Å²) < 4.78 is 43.0. The molecule has 2 N–H and O–H groups in total. The van der Waals surface area contributed by atoms with Gasteiger partial charge in [0, 0.05) is 11.5 Å². The Kier molecular flexibility index (Phi) is 6.35. The number of rotatable bonds is 6. The Morgan fingerprint density at radius 2 is 2.05 bits per heavy atom. The van der Waals surface area contributed by atoms with E-state index in [9.17, 15) is 18.0 Å². The molecule has 112 valence electrons. The maximum absolute atomic E-state index is 12.8. The fourth-order valence-electron chi connectivity index (χ4n) is 1.54. The predicted octanol–water partition coefficient (Wildman–Crippen LogP) is 2.83. The Balaban J connectivity index is 2.57. The van der Waals surface area contributed by atoms with E-state index in [1.807, 2.05) is 0 Å². The van der Waals surface area contributed by atoms with Crippen LogP contribution in [0, 0.1) is 0 Å². The van der Waals surface area contributed by atoms with Gasteiger partial charge in [0.1, 0.15) is 6.04 Å². The van der Waals surface area contributed by atoms with Gasteiger partial charge in [-0.2, -0.15) is 24.9 Å². The molecule has 0 spiro atoms. The third kappa shape index (κ3) is 5.05. The molecule has 0 amide bonds. The van der Waals surface area contributed by atoms with E-state index >= 15 is 0 Å². The van der Waals surface area contributed by atoms with Gasteiger partial charge in [-0.25, -0.2) is 0 Å². The van der Waals surface area contributed by atoms with Crippen LogP contribution < -0.4 is 5.73 Å². The molecule has 0 aromatic heterocycles. The van der Waals surface area contributed by atoms with E-state index in [0.29, 0.717) is 0 Å². The number of carbonyl (C=O) groups is 1. The molecule has 0 aliphatic rings. The molecule has 1 unspecified atom stereocenters. The van der Waals surface area contributed by atoms with Crippen LogP contribution >= 0.6 is 11.8 Å². The molecule has 0 aliphatic heterocycles. The van der Waals surface area contributed by atoms with E-state index in [-0.39, 0.29) is 23.7 Å². The first kappa shape index (κ1) is 16.8. The number of ether oxygens (including phenoxy) is 1. The average molecular weight is 307 g/mol. The van der Waals surface area contributed by atoms with Gasteiger partial charge in [-0.3, -0.25) is 4.79 Å². The van der Waals surface area contributed by atoms with Gasteiger partial charge in [0.2, 0.25) is 0 Å². The molecule has 0 saturated heterocycles. The molecule has 1 atom stereocenters. The lowest BCUT2D eigenvalue weighted by Gasteiger charge is -2.13. The van der Waals surface area contributed by atoms with E-state index in [0.717, 1.165) is 6.07 Å². The summed E-state index contributed by atoms with van der Waals surface area (Å²) in [6.45, 7) is 1.89. The fourth-order valence-corrected chi connectivity index (χ4v) is 2.52. The molecule has 0 heterocycles. The van der Waals surface area contributed by atoms with Gasteiger partial charge >= 0.3 is 12.1 Å². The van der Waals surface area contributed by atoms with Crippen molar-refractivity contribution in [3.8, 4) is 0 Å². The predicted molar refractivity (Wildman–Crippen MR) is 72.2 cm³/mol. The number of benzene rings is 1. The Morgan fingerprint density at radius 1 is 1.40 bits per heavy atom. The molecular weight excluding hydrogens is 291 g/mol. The van der Waals surface area contributed by atoms with Crippen LogP contribution in [0.3, 0.4) is 0 Å². The third-order valence-corrected chi connectivity index (χ3v) is 3.58. The maximum atomic E-state index is 12.8. The number of nitrogens with two attached hydrogens (primary N) is 1. The van der Waals surface area contributed by atoms with Gasteiger partial charge in [0.05, 0.1) is 12.2 Å². The lowest BCUT2D eigenvalue weighted by atomic mass is 10.1. The summed E-state index contributed by atoms with van der Waals surface area (Å²) >= 11 is 1.17. The number of halogens is 3. The molecule has 0 aliphatic carbocycles. The SMILES string of the molecule is CCOC(=O)C(N)CSCc1ccccc1C(F)(F)F. The molecule has 0 bridgehead atoms. The number of alkyl halides is 3. The molecule has 0 saturated carbocycles. The third-order valence-electron chi connectivity index (χ3n) is 2.47. The van der Waals surface area contributed by atoms with Gasteiger partial charge in [0.25, 0.3) is 0 Å². The van der Waals surface area contributed by atoms with E-state index < -0.39 is 23.8 Å². The molecule has 0 radical (unpaired) electrons. The first-order valence-corrected chi connectivity index (χ1v) is 7.16. The van der Waals surface area contributed by atoms with Crippen molar-refractivity contribution in [2.45, 2.75) is 24.9 Å². The number of hydrogen-bond acceptors (Lipinski definition) is 4. The van der Waals surface area contributed by atoms with Crippen molar-refractivity contribution in [2.24, 2.45) is 5.73 Å². The number of esters is 1. The highest BCUT2D eigenvalue weighted by molar-refractivity contribution is 7.98. The molecule has 1 aromatic carbocycles. The molecule has 3 nitrogen and oxygen atoms in total. The van der Waals surface area contributed by atoms with Crippen molar-refractivity contribution < 1.29 is 22.7 Å². The minimum Gasteiger partial charge on any atom is -0.465 e. The number of thioether (sulfide) groups is 1. The van der Waals surface area contributed by atoms with Crippen LogP contribution in [0.25, 0.3) is 0 Å². The maximum Gasteiger partial charge on any atom is 0.416 e. The zero-order valence-corrected chi connectivity index (χ0v) is 11.8. The van der Waals surface area contributed by atoms with E-state index in [2.05, 4.69) is 0 Å². The van der Waals surface area contributed by atoms with Gasteiger partial charge in [0.15, 0.2) is 0 Å². The highest BCUT2D eigenvalue weighted by Crippen LogP contribution is 2.33. The number of hydrogen-bond donors (Lipinski definition) is 1. The van der Waals surface area contributed by atoms with Crippen molar-refractivity contribution in [3.05, 3.63) is 35.4 Å². The van der Waals surface area contributed by atoms with Gasteiger partial charge in [-0.05, 0) is 18.6 Å². The first-order chi connectivity index (χ1) is 9.36. The Morgan fingerprint density at radius 3 is 2.65 bits per heavy atom. The van der Waals surface area contributed by atoms with Gasteiger partial charge in [-0.1, -0.05) is 18.2 Å². The zero-order chi connectivity index (χ0) is 15.2. The summed E-state index contributed by atoms with van der Waals surface area (Å²) in [6, 6.07) is 4.54. The van der Waals surface area contributed by atoms with Crippen molar-refractivity contribution >= 4 is 17.7 Å². The van der Waals surface area contributed by atoms with Crippen LogP contribution in [0.4, 0.5) is 13.2 Å².